The van der Waals surface area contributed by atoms with E-state index in [0.717, 1.165) is 10.5 Å². The Morgan fingerprint density at radius 1 is 1.31 bits per heavy atom. The summed E-state index contributed by atoms with van der Waals surface area (Å²) in [5.41, 5.74) is 0.746. The van der Waals surface area contributed by atoms with E-state index >= 15 is 0 Å². The molecule has 1 unspecified atom stereocenters. The summed E-state index contributed by atoms with van der Waals surface area (Å²) in [5.74, 6) is 0. The van der Waals surface area contributed by atoms with Crippen molar-refractivity contribution in [3.05, 3.63) is 46.9 Å². The van der Waals surface area contributed by atoms with E-state index in [2.05, 4.69) is 0 Å². The number of sulfonamides is 1. The van der Waals surface area contributed by atoms with Crippen molar-refractivity contribution >= 4 is 21.8 Å². The van der Waals surface area contributed by atoms with E-state index in [0.29, 0.717) is 6.42 Å². The average Bonchev–Trinajstić information content (AvgIpc) is 2.62. The third-order valence-electron chi connectivity index (χ3n) is 2.66. The fourth-order valence-electron chi connectivity index (χ4n) is 1.83. The average molecular weight is 255 g/mol. The van der Waals surface area contributed by atoms with Crippen molar-refractivity contribution in [2.24, 2.45) is 5.14 Å². The molecule has 1 aromatic carbocycles. The van der Waals surface area contributed by atoms with Gasteiger partial charge in [-0.3, -0.25) is 0 Å². The van der Waals surface area contributed by atoms with Gasteiger partial charge in [0.1, 0.15) is 0 Å². The Morgan fingerprint density at radius 3 is 2.38 bits per heavy atom. The fraction of sp³-hybridized carbons (Fsp3) is 0.273. The zero-order chi connectivity index (χ0) is 11.8. The predicted octanol–water partition coefficient (Wildman–Crippen LogP) is 2.17. The molecule has 1 aliphatic heterocycles. The Bertz CT molecular complexity index is 522. The molecule has 1 aromatic rings. The van der Waals surface area contributed by atoms with Crippen molar-refractivity contribution in [1.29, 1.82) is 0 Å². The first-order valence-electron chi connectivity index (χ1n) is 4.89. The minimum atomic E-state index is -3.64. The van der Waals surface area contributed by atoms with Crippen molar-refractivity contribution in [3.63, 3.8) is 0 Å². The maximum atomic E-state index is 11.8. The second kappa shape index (κ2) is 3.91. The van der Waals surface area contributed by atoms with Crippen LogP contribution in [0, 0.1) is 0 Å². The highest BCUT2D eigenvalue weighted by atomic mass is 32.3. The molecule has 1 atom stereocenters. The van der Waals surface area contributed by atoms with Crippen LogP contribution in [0.4, 0.5) is 0 Å². The molecule has 0 saturated carbocycles. The van der Waals surface area contributed by atoms with Crippen LogP contribution < -0.4 is 5.14 Å². The summed E-state index contributed by atoms with van der Waals surface area (Å²) in [6.07, 6.45) is 2.36. The van der Waals surface area contributed by atoms with Gasteiger partial charge in [0.05, 0.1) is 0 Å². The summed E-state index contributed by atoms with van der Waals surface area (Å²) in [6, 6.07) is 9.14. The zero-order valence-corrected chi connectivity index (χ0v) is 10.5. The van der Waals surface area contributed by atoms with Gasteiger partial charge in [-0.2, -0.15) is 0 Å². The highest BCUT2D eigenvalue weighted by molar-refractivity contribution is 8.15. The number of hydrogen-bond acceptors (Lipinski definition) is 3. The molecule has 5 heteroatoms. The van der Waals surface area contributed by atoms with Crippen LogP contribution in [0.5, 0.6) is 0 Å². The molecule has 3 nitrogen and oxygen atoms in total. The first-order chi connectivity index (χ1) is 7.46. The van der Waals surface area contributed by atoms with Crippen LogP contribution >= 0.6 is 11.8 Å². The molecule has 0 bridgehead atoms. The van der Waals surface area contributed by atoms with Crippen LogP contribution in [-0.4, -0.2) is 8.42 Å². The van der Waals surface area contributed by atoms with Gasteiger partial charge < -0.3 is 0 Å². The van der Waals surface area contributed by atoms with Gasteiger partial charge in [0.15, 0.2) is 4.08 Å². The number of rotatable bonds is 2. The number of primary sulfonamides is 1. The summed E-state index contributed by atoms with van der Waals surface area (Å²) in [5, 5.41) is 5.39. The molecule has 0 fully saturated rings. The molecule has 0 aromatic heterocycles. The van der Waals surface area contributed by atoms with Gasteiger partial charge in [0.2, 0.25) is 10.0 Å². The van der Waals surface area contributed by atoms with Gasteiger partial charge in [-0.25, -0.2) is 13.6 Å². The molecular formula is C11H13NO2S2. The number of hydrogen-bond donors (Lipinski definition) is 1. The lowest BCUT2D eigenvalue weighted by atomic mass is 10.1. The molecule has 0 spiro atoms. The Balaban J connectivity index is 2.55. The Hall–Kier alpha value is -0.780. The molecule has 0 saturated heterocycles. The molecule has 0 amide bonds. The SMILES string of the molecule is CC1=CCC(c2ccccc2)(S(N)(=O)=O)S1. The zero-order valence-electron chi connectivity index (χ0n) is 8.88. The summed E-state index contributed by atoms with van der Waals surface area (Å²) >= 11 is 1.32. The van der Waals surface area contributed by atoms with E-state index in [1.807, 2.05) is 43.3 Å². The normalized spacial score (nSPS) is 25.5. The van der Waals surface area contributed by atoms with Crippen LogP contribution in [0.15, 0.2) is 41.3 Å². The molecule has 1 aliphatic rings. The van der Waals surface area contributed by atoms with Gasteiger partial charge >= 0.3 is 0 Å². The van der Waals surface area contributed by atoms with Crippen LogP contribution in [0.1, 0.15) is 18.9 Å². The number of thioether (sulfide) groups is 1. The van der Waals surface area contributed by atoms with E-state index < -0.39 is 14.1 Å². The lowest BCUT2D eigenvalue weighted by Crippen LogP contribution is -2.36. The molecule has 86 valence electrons. The van der Waals surface area contributed by atoms with Crippen molar-refractivity contribution in [2.75, 3.05) is 0 Å². The Kier molecular flexibility index (Phi) is 2.86. The topological polar surface area (TPSA) is 60.2 Å². The molecule has 2 rings (SSSR count). The Morgan fingerprint density at radius 2 is 1.94 bits per heavy atom. The van der Waals surface area contributed by atoms with Gasteiger partial charge in [0, 0.05) is 6.42 Å². The van der Waals surface area contributed by atoms with E-state index in [1.165, 1.54) is 11.8 Å². The molecule has 16 heavy (non-hydrogen) atoms. The largest absolute Gasteiger partial charge is 0.229 e. The minimum Gasteiger partial charge on any atom is -0.227 e. The minimum absolute atomic E-state index is 0.437. The lowest BCUT2D eigenvalue weighted by molar-refractivity contribution is 0.577. The second-order valence-corrected chi connectivity index (χ2v) is 7.38. The van der Waals surface area contributed by atoms with E-state index in [-0.39, 0.29) is 0 Å². The van der Waals surface area contributed by atoms with Crippen LogP contribution in [-0.2, 0) is 14.1 Å². The molecule has 0 radical (unpaired) electrons. The second-order valence-electron chi connectivity index (χ2n) is 3.78. The van der Waals surface area contributed by atoms with Crippen molar-refractivity contribution in [2.45, 2.75) is 17.4 Å². The molecule has 2 N–H and O–H groups in total. The van der Waals surface area contributed by atoms with Crippen molar-refractivity contribution in [1.82, 2.24) is 0 Å². The first kappa shape index (κ1) is 11.7. The standard InChI is InChI=1S/C11H13NO2S2/c1-9-7-8-11(15-9,16(12,13)14)10-5-3-2-4-6-10/h2-7H,8H2,1H3,(H2,12,13,14). The van der Waals surface area contributed by atoms with Gasteiger partial charge in [-0.15, -0.1) is 11.8 Å². The summed E-state index contributed by atoms with van der Waals surface area (Å²) in [4.78, 5) is 0.998. The molecule has 1 heterocycles. The Labute approximate surface area is 99.8 Å². The highest BCUT2D eigenvalue weighted by Crippen LogP contribution is 2.51. The number of allylic oxidation sites excluding steroid dienone is 2. The maximum absolute atomic E-state index is 11.8. The first-order valence-corrected chi connectivity index (χ1v) is 7.26. The monoisotopic (exact) mass is 255 g/mol. The van der Waals surface area contributed by atoms with E-state index in [9.17, 15) is 8.42 Å². The van der Waals surface area contributed by atoms with Crippen molar-refractivity contribution in [3.8, 4) is 0 Å². The number of nitrogens with two attached hydrogens (primary N) is 1. The molecule has 0 aliphatic carbocycles. The van der Waals surface area contributed by atoms with E-state index in [1.54, 1.807) is 0 Å². The summed E-state index contributed by atoms with van der Waals surface area (Å²) < 4.78 is 22.6. The van der Waals surface area contributed by atoms with Gasteiger partial charge in [-0.1, -0.05) is 36.4 Å². The van der Waals surface area contributed by atoms with Gasteiger partial charge in [-0.05, 0) is 17.4 Å². The fourth-order valence-corrected chi connectivity index (χ4v) is 4.58. The van der Waals surface area contributed by atoms with Gasteiger partial charge in [0.25, 0.3) is 0 Å². The summed E-state index contributed by atoms with van der Waals surface area (Å²) in [6.45, 7) is 1.90. The highest BCUT2D eigenvalue weighted by Gasteiger charge is 2.46. The van der Waals surface area contributed by atoms with Crippen molar-refractivity contribution < 1.29 is 8.42 Å². The summed E-state index contributed by atoms with van der Waals surface area (Å²) in [7, 11) is -3.64. The quantitative estimate of drug-likeness (QED) is 0.881. The van der Waals surface area contributed by atoms with Crippen LogP contribution in [0.25, 0.3) is 0 Å². The third-order valence-corrected chi connectivity index (χ3v) is 6.15. The van der Waals surface area contributed by atoms with Crippen LogP contribution in [0.3, 0.4) is 0 Å². The molecular weight excluding hydrogens is 242 g/mol. The lowest BCUT2D eigenvalue weighted by Gasteiger charge is -2.26. The smallest absolute Gasteiger partial charge is 0.227 e. The maximum Gasteiger partial charge on any atom is 0.229 e. The predicted molar refractivity (Wildman–Crippen MR) is 67.2 cm³/mol. The number of benzene rings is 1. The van der Waals surface area contributed by atoms with Crippen LogP contribution in [0.2, 0.25) is 0 Å². The third kappa shape index (κ3) is 1.79. The van der Waals surface area contributed by atoms with E-state index in [4.69, 9.17) is 5.14 Å².